The molecule has 1 saturated heterocycles. The molecule has 2 aliphatic rings. The van der Waals surface area contributed by atoms with Crippen molar-refractivity contribution in [1.29, 1.82) is 0 Å². The zero-order chi connectivity index (χ0) is 25.4. The fourth-order valence-corrected chi connectivity index (χ4v) is 5.29. The predicted molar refractivity (Wildman–Crippen MR) is 134 cm³/mol. The molecule has 3 aromatic rings. The van der Waals surface area contributed by atoms with Gasteiger partial charge in [-0.25, -0.2) is 0 Å². The van der Waals surface area contributed by atoms with Crippen LogP contribution in [-0.2, 0) is 6.54 Å². The van der Waals surface area contributed by atoms with Gasteiger partial charge in [0, 0.05) is 60.7 Å². The number of ether oxygens (including phenoxy) is 2. The second-order valence-electron chi connectivity index (χ2n) is 9.09. The first-order valence-corrected chi connectivity index (χ1v) is 11.6. The van der Waals surface area contributed by atoms with E-state index < -0.39 is 10.8 Å². The third kappa shape index (κ3) is 4.26. The molecule has 2 aliphatic heterocycles. The predicted octanol–water partition coefficient (Wildman–Crippen LogP) is 3.65. The molecular formula is C26H26N4O6. The summed E-state index contributed by atoms with van der Waals surface area (Å²) < 4.78 is 12.3. The van der Waals surface area contributed by atoms with Crippen molar-refractivity contribution in [2.24, 2.45) is 5.92 Å². The Kier molecular flexibility index (Phi) is 6.09. The Morgan fingerprint density at radius 2 is 1.83 bits per heavy atom. The maximum absolute atomic E-state index is 12.9. The van der Waals surface area contributed by atoms with Crippen molar-refractivity contribution < 1.29 is 19.2 Å². The summed E-state index contributed by atoms with van der Waals surface area (Å²) in [5.41, 5.74) is 1.96. The number of piperidine rings is 1. The fraction of sp³-hybridized carbons (Fsp3) is 0.308. The second-order valence-corrected chi connectivity index (χ2v) is 9.09. The molecular weight excluding hydrogens is 464 g/mol. The van der Waals surface area contributed by atoms with Gasteiger partial charge in [0.05, 0.1) is 19.1 Å². The van der Waals surface area contributed by atoms with Gasteiger partial charge in [0.2, 0.25) is 0 Å². The summed E-state index contributed by atoms with van der Waals surface area (Å²) in [6.07, 6.45) is 0.944. The smallest absolute Gasteiger partial charge is 0.293 e. The molecule has 1 N–H and O–H groups in total. The molecule has 36 heavy (non-hydrogen) atoms. The van der Waals surface area contributed by atoms with Crippen LogP contribution in [-0.4, -0.2) is 42.7 Å². The van der Waals surface area contributed by atoms with Crippen LogP contribution in [0.1, 0.15) is 28.4 Å². The number of carbonyl (C=O) groups is 1. The highest BCUT2D eigenvalue weighted by Crippen LogP contribution is 2.40. The summed E-state index contributed by atoms with van der Waals surface area (Å²) in [5.74, 6) is 0.828. The van der Waals surface area contributed by atoms with Crippen molar-refractivity contribution in [2.75, 3.05) is 37.5 Å². The molecule has 1 amide bonds. The quantitative estimate of drug-likeness (QED) is 0.414. The molecule has 3 heterocycles. The maximum Gasteiger partial charge on any atom is 0.293 e. The molecule has 2 aromatic carbocycles. The third-order valence-electron chi connectivity index (χ3n) is 6.90. The topological polar surface area (TPSA) is 116 Å². The SMILES string of the molecule is COc1ccc(NC(=O)c2ccc(N3C[C@H]4C[C@@H](C3)c3cccc(=O)n3C4)c([N+](=O)[O-])c2)cc1OC. The number of nitrogens with zero attached hydrogens (tertiary/aromatic N) is 3. The summed E-state index contributed by atoms with van der Waals surface area (Å²) in [4.78, 5) is 38.8. The number of methoxy groups -OCH3 is 2. The van der Waals surface area contributed by atoms with E-state index >= 15 is 0 Å². The van der Waals surface area contributed by atoms with Crippen LogP contribution in [0.15, 0.2) is 59.4 Å². The fourth-order valence-electron chi connectivity index (χ4n) is 5.29. The number of hydrogen-bond acceptors (Lipinski definition) is 7. The number of aromatic nitrogens is 1. The van der Waals surface area contributed by atoms with Gasteiger partial charge in [0.25, 0.3) is 17.2 Å². The van der Waals surface area contributed by atoms with Crippen LogP contribution in [0.2, 0.25) is 0 Å². The number of amides is 1. The van der Waals surface area contributed by atoms with E-state index in [2.05, 4.69) is 5.32 Å². The van der Waals surface area contributed by atoms with Gasteiger partial charge in [-0.05, 0) is 42.7 Å². The van der Waals surface area contributed by atoms with Gasteiger partial charge >= 0.3 is 0 Å². The largest absolute Gasteiger partial charge is 0.493 e. The minimum atomic E-state index is -0.472. The number of nitro benzene ring substituents is 1. The first-order chi connectivity index (χ1) is 17.4. The Morgan fingerprint density at radius 3 is 2.58 bits per heavy atom. The molecule has 10 nitrogen and oxygen atoms in total. The molecule has 186 valence electrons. The lowest BCUT2D eigenvalue weighted by Crippen LogP contribution is -2.47. The first kappa shape index (κ1) is 23.4. The Labute approximate surface area is 207 Å². The highest BCUT2D eigenvalue weighted by atomic mass is 16.6. The van der Waals surface area contributed by atoms with E-state index in [1.54, 1.807) is 42.5 Å². The Balaban J connectivity index is 1.40. The lowest BCUT2D eigenvalue weighted by Gasteiger charge is -2.43. The van der Waals surface area contributed by atoms with E-state index in [9.17, 15) is 19.7 Å². The number of rotatable bonds is 6. The summed E-state index contributed by atoms with van der Waals surface area (Å²) in [6, 6.07) is 14.8. The number of carbonyl (C=O) groups excluding carboxylic acids is 1. The lowest BCUT2D eigenvalue weighted by molar-refractivity contribution is -0.384. The molecule has 10 heteroatoms. The molecule has 1 fully saturated rings. The average Bonchev–Trinajstić information content (AvgIpc) is 2.88. The Bertz CT molecular complexity index is 1400. The standard InChI is InChI=1S/C26H26N4O6/c1-35-23-9-7-19(12-24(23)36-2)27-26(32)17-6-8-21(22(11-17)30(33)34)28-13-16-10-18(15-28)20-4-3-5-25(31)29(20)14-16/h3-9,11-12,16,18H,10,13-15H2,1-2H3,(H,27,32)/t16-,18+/m1/s1. The molecule has 5 rings (SSSR count). The van der Waals surface area contributed by atoms with E-state index in [0.29, 0.717) is 42.5 Å². The van der Waals surface area contributed by atoms with Crippen LogP contribution in [0.25, 0.3) is 0 Å². The number of fused-ring (bicyclic) bond motifs is 4. The maximum atomic E-state index is 12.9. The molecule has 0 saturated carbocycles. The van der Waals surface area contributed by atoms with Gasteiger partial charge in [-0.1, -0.05) is 6.07 Å². The minimum Gasteiger partial charge on any atom is -0.493 e. The number of hydrogen-bond donors (Lipinski definition) is 1. The molecule has 0 unspecified atom stereocenters. The van der Waals surface area contributed by atoms with Crippen LogP contribution in [0, 0.1) is 16.0 Å². The summed E-state index contributed by atoms with van der Waals surface area (Å²) in [7, 11) is 3.02. The molecule has 2 bridgehead atoms. The number of anilines is 2. The van der Waals surface area contributed by atoms with Crippen LogP contribution in [0.3, 0.4) is 0 Å². The van der Waals surface area contributed by atoms with Crippen molar-refractivity contribution in [3.63, 3.8) is 0 Å². The average molecular weight is 491 g/mol. The van der Waals surface area contributed by atoms with Gasteiger partial charge in [0.15, 0.2) is 11.5 Å². The van der Waals surface area contributed by atoms with Gasteiger partial charge in [-0.3, -0.25) is 19.7 Å². The molecule has 0 radical (unpaired) electrons. The van der Waals surface area contributed by atoms with Crippen molar-refractivity contribution in [2.45, 2.75) is 18.9 Å². The first-order valence-electron chi connectivity index (χ1n) is 11.6. The summed E-state index contributed by atoms with van der Waals surface area (Å²) >= 11 is 0. The normalized spacial score (nSPS) is 18.2. The van der Waals surface area contributed by atoms with Crippen molar-refractivity contribution in [3.05, 3.63) is 86.3 Å². The van der Waals surface area contributed by atoms with Crippen molar-refractivity contribution in [3.8, 4) is 11.5 Å². The van der Waals surface area contributed by atoms with Crippen LogP contribution in [0.5, 0.6) is 11.5 Å². The van der Waals surface area contributed by atoms with E-state index in [1.165, 1.54) is 20.3 Å². The number of nitro groups is 1. The van der Waals surface area contributed by atoms with Crippen molar-refractivity contribution in [1.82, 2.24) is 4.57 Å². The monoisotopic (exact) mass is 490 g/mol. The minimum absolute atomic E-state index is 0.00789. The van der Waals surface area contributed by atoms with Crippen molar-refractivity contribution >= 4 is 23.0 Å². The number of nitrogens with one attached hydrogen (secondary N) is 1. The van der Waals surface area contributed by atoms with Crippen LogP contribution >= 0.6 is 0 Å². The molecule has 0 aliphatic carbocycles. The van der Waals surface area contributed by atoms with E-state index in [4.69, 9.17) is 9.47 Å². The molecule has 1 aromatic heterocycles. The van der Waals surface area contributed by atoms with Crippen LogP contribution in [0.4, 0.5) is 17.1 Å². The lowest BCUT2D eigenvalue weighted by atomic mass is 9.83. The van der Waals surface area contributed by atoms with Gasteiger partial charge in [0.1, 0.15) is 5.69 Å². The van der Waals surface area contributed by atoms with Gasteiger partial charge in [-0.2, -0.15) is 0 Å². The van der Waals surface area contributed by atoms with Gasteiger partial charge < -0.3 is 24.3 Å². The molecule has 0 spiro atoms. The van der Waals surface area contributed by atoms with E-state index in [-0.39, 0.29) is 28.6 Å². The van der Waals surface area contributed by atoms with Gasteiger partial charge in [-0.15, -0.1) is 0 Å². The summed E-state index contributed by atoms with van der Waals surface area (Å²) in [5, 5.41) is 14.8. The number of pyridine rings is 1. The summed E-state index contributed by atoms with van der Waals surface area (Å²) in [6.45, 7) is 1.77. The Morgan fingerprint density at radius 1 is 1.03 bits per heavy atom. The van der Waals surface area contributed by atoms with E-state index in [1.807, 2.05) is 15.5 Å². The zero-order valence-electron chi connectivity index (χ0n) is 20.0. The second kappa shape index (κ2) is 9.37. The number of benzene rings is 2. The van der Waals surface area contributed by atoms with E-state index in [0.717, 1.165) is 12.1 Å². The highest BCUT2D eigenvalue weighted by molar-refractivity contribution is 6.05. The Hall–Kier alpha value is -4.34. The highest BCUT2D eigenvalue weighted by Gasteiger charge is 2.36. The van der Waals surface area contributed by atoms with Crippen LogP contribution < -0.4 is 25.2 Å². The zero-order valence-corrected chi connectivity index (χ0v) is 20.0. The molecule has 2 atom stereocenters. The third-order valence-corrected chi connectivity index (χ3v) is 6.90.